The van der Waals surface area contributed by atoms with Crippen molar-refractivity contribution in [2.45, 2.75) is 31.4 Å². The fourth-order valence-electron chi connectivity index (χ4n) is 1.59. The van der Waals surface area contributed by atoms with Crippen molar-refractivity contribution in [1.82, 2.24) is 4.31 Å². The maximum atomic E-state index is 12.4. The molecule has 0 aliphatic heterocycles. The summed E-state index contributed by atoms with van der Waals surface area (Å²) in [4.78, 5) is 1.08. The van der Waals surface area contributed by atoms with Crippen molar-refractivity contribution in [3.8, 4) is 0 Å². The van der Waals surface area contributed by atoms with Gasteiger partial charge in [-0.2, -0.15) is 4.31 Å². The van der Waals surface area contributed by atoms with Gasteiger partial charge in [0.25, 0.3) is 10.0 Å². The van der Waals surface area contributed by atoms with Gasteiger partial charge < -0.3 is 5.73 Å². The summed E-state index contributed by atoms with van der Waals surface area (Å²) < 4.78 is 26.5. The van der Waals surface area contributed by atoms with Gasteiger partial charge in [0, 0.05) is 18.5 Å². The van der Waals surface area contributed by atoms with Crippen molar-refractivity contribution in [3.05, 3.63) is 17.0 Å². The highest BCUT2D eigenvalue weighted by Crippen LogP contribution is 2.26. The Balaban J connectivity index is 2.93. The van der Waals surface area contributed by atoms with Gasteiger partial charge >= 0.3 is 0 Å². The van der Waals surface area contributed by atoms with Crippen LogP contribution in [0.5, 0.6) is 0 Å². The Hall–Kier alpha value is -0.430. The molecule has 0 amide bonds. The molecule has 0 radical (unpaired) electrons. The van der Waals surface area contributed by atoms with Crippen LogP contribution in [0.2, 0.25) is 0 Å². The van der Waals surface area contributed by atoms with Crippen LogP contribution < -0.4 is 5.73 Å². The predicted octanol–water partition coefficient (Wildman–Crippen LogP) is 1.92. The van der Waals surface area contributed by atoms with Crippen molar-refractivity contribution in [3.63, 3.8) is 0 Å². The molecule has 6 heteroatoms. The van der Waals surface area contributed by atoms with Gasteiger partial charge in [-0.15, -0.1) is 11.3 Å². The second kappa shape index (κ2) is 5.69. The first-order valence-electron chi connectivity index (χ1n) is 5.98. The Kier molecular flexibility index (Phi) is 4.94. The van der Waals surface area contributed by atoms with E-state index in [0.717, 1.165) is 11.3 Å². The number of aryl methyl sites for hydroxylation is 1. The molecule has 0 aliphatic carbocycles. The third-order valence-electron chi connectivity index (χ3n) is 2.85. The maximum Gasteiger partial charge on any atom is 0.252 e. The highest BCUT2D eigenvalue weighted by atomic mass is 32.2. The Morgan fingerprint density at radius 1 is 1.39 bits per heavy atom. The van der Waals surface area contributed by atoms with Crippen LogP contribution in [-0.4, -0.2) is 32.9 Å². The van der Waals surface area contributed by atoms with Crippen LogP contribution in [0.1, 0.15) is 25.6 Å². The average Bonchev–Trinajstić information content (AvgIpc) is 2.77. The summed E-state index contributed by atoms with van der Waals surface area (Å²) in [6.07, 6.45) is 0.859. The van der Waals surface area contributed by atoms with E-state index in [9.17, 15) is 8.42 Å². The molecule has 1 heterocycles. The van der Waals surface area contributed by atoms with E-state index in [2.05, 4.69) is 0 Å². The number of nitrogens with two attached hydrogens (primary N) is 1. The van der Waals surface area contributed by atoms with Gasteiger partial charge in [0.1, 0.15) is 4.21 Å². The summed E-state index contributed by atoms with van der Waals surface area (Å²) in [6.45, 7) is 6.82. The molecule has 0 saturated heterocycles. The van der Waals surface area contributed by atoms with Crippen LogP contribution in [0.4, 0.5) is 0 Å². The number of nitrogens with zero attached hydrogens (tertiary/aromatic N) is 1. The van der Waals surface area contributed by atoms with Gasteiger partial charge in [0.05, 0.1) is 0 Å². The molecular weight excluding hydrogens is 268 g/mol. The summed E-state index contributed by atoms with van der Waals surface area (Å²) in [5.74, 6) is 0. The minimum atomic E-state index is -3.38. The lowest BCUT2D eigenvalue weighted by molar-refractivity contribution is 0.292. The molecule has 1 aromatic heterocycles. The van der Waals surface area contributed by atoms with Crippen molar-refractivity contribution in [1.29, 1.82) is 0 Å². The zero-order valence-corrected chi connectivity index (χ0v) is 13.1. The third-order valence-corrected chi connectivity index (χ3v) is 6.35. The Morgan fingerprint density at radius 3 is 2.44 bits per heavy atom. The largest absolute Gasteiger partial charge is 0.330 e. The number of sulfonamides is 1. The van der Waals surface area contributed by atoms with E-state index in [4.69, 9.17) is 5.73 Å². The van der Waals surface area contributed by atoms with Crippen LogP contribution in [0.3, 0.4) is 0 Å². The summed E-state index contributed by atoms with van der Waals surface area (Å²) in [7, 11) is -1.77. The van der Waals surface area contributed by atoms with Crippen molar-refractivity contribution in [2.75, 3.05) is 20.1 Å². The predicted molar refractivity (Wildman–Crippen MR) is 76.3 cm³/mol. The highest BCUT2D eigenvalue weighted by molar-refractivity contribution is 7.91. The van der Waals surface area contributed by atoms with Crippen LogP contribution >= 0.6 is 11.3 Å². The lowest BCUT2D eigenvalue weighted by Crippen LogP contribution is -2.39. The van der Waals surface area contributed by atoms with E-state index in [1.54, 1.807) is 13.1 Å². The second-order valence-electron chi connectivity index (χ2n) is 5.20. The monoisotopic (exact) mass is 290 g/mol. The van der Waals surface area contributed by atoms with Gasteiger partial charge in [0.2, 0.25) is 0 Å². The first-order valence-corrected chi connectivity index (χ1v) is 8.23. The topological polar surface area (TPSA) is 63.4 Å². The molecule has 0 spiro atoms. The molecule has 0 atom stereocenters. The average molecular weight is 290 g/mol. The molecule has 104 valence electrons. The lowest BCUT2D eigenvalue weighted by Gasteiger charge is -2.28. The molecule has 0 saturated carbocycles. The molecule has 0 unspecified atom stereocenters. The normalized spacial score (nSPS) is 13.2. The number of thiophene rings is 1. The zero-order chi connectivity index (χ0) is 14.0. The maximum absolute atomic E-state index is 12.4. The van der Waals surface area contributed by atoms with Crippen molar-refractivity contribution in [2.24, 2.45) is 11.1 Å². The Morgan fingerprint density at radius 2 is 2.00 bits per heavy atom. The SMILES string of the molecule is CCc1ccc(S(=O)(=O)N(C)CC(C)(C)CN)s1. The lowest BCUT2D eigenvalue weighted by atomic mass is 9.94. The van der Waals surface area contributed by atoms with Crippen LogP contribution in [0.15, 0.2) is 16.3 Å². The quantitative estimate of drug-likeness (QED) is 0.870. The van der Waals surface area contributed by atoms with E-state index in [-0.39, 0.29) is 5.41 Å². The van der Waals surface area contributed by atoms with Gasteiger partial charge in [-0.1, -0.05) is 20.8 Å². The minimum Gasteiger partial charge on any atom is -0.330 e. The highest BCUT2D eigenvalue weighted by Gasteiger charge is 2.28. The number of hydrogen-bond acceptors (Lipinski definition) is 4. The van der Waals surface area contributed by atoms with E-state index in [1.165, 1.54) is 15.6 Å². The van der Waals surface area contributed by atoms with E-state index >= 15 is 0 Å². The Labute approximate surface area is 114 Å². The van der Waals surface area contributed by atoms with Gasteiger partial charge in [-0.05, 0) is 30.5 Å². The standard InChI is InChI=1S/C12H22N2O2S2/c1-5-10-6-7-11(17-10)18(15,16)14(4)9-12(2,3)8-13/h6-7H,5,8-9,13H2,1-4H3. The van der Waals surface area contributed by atoms with E-state index in [1.807, 2.05) is 26.8 Å². The molecule has 0 aromatic carbocycles. The van der Waals surface area contributed by atoms with Gasteiger partial charge in [0.15, 0.2) is 0 Å². The second-order valence-corrected chi connectivity index (χ2v) is 8.64. The molecule has 18 heavy (non-hydrogen) atoms. The first kappa shape index (κ1) is 15.6. The minimum absolute atomic E-state index is 0.216. The summed E-state index contributed by atoms with van der Waals surface area (Å²) >= 11 is 1.34. The van der Waals surface area contributed by atoms with Gasteiger partial charge in [-0.25, -0.2) is 8.42 Å². The molecular formula is C12H22N2O2S2. The van der Waals surface area contributed by atoms with Crippen LogP contribution in [-0.2, 0) is 16.4 Å². The Bertz CT molecular complexity index is 492. The van der Waals surface area contributed by atoms with E-state index in [0.29, 0.717) is 17.3 Å². The first-order chi connectivity index (χ1) is 8.23. The molecule has 0 fully saturated rings. The van der Waals surface area contributed by atoms with Gasteiger partial charge in [-0.3, -0.25) is 0 Å². The molecule has 0 bridgehead atoms. The van der Waals surface area contributed by atoms with Crippen LogP contribution in [0.25, 0.3) is 0 Å². The fourth-order valence-corrected chi connectivity index (χ4v) is 4.46. The van der Waals surface area contributed by atoms with E-state index < -0.39 is 10.0 Å². The summed E-state index contributed by atoms with van der Waals surface area (Å²) in [5, 5.41) is 0. The smallest absolute Gasteiger partial charge is 0.252 e. The molecule has 4 nitrogen and oxygen atoms in total. The van der Waals surface area contributed by atoms with Crippen LogP contribution in [0, 0.1) is 5.41 Å². The molecule has 1 aromatic rings. The fraction of sp³-hybridized carbons (Fsp3) is 0.667. The third kappa shape index (κ3) is 3.54. The zero-order valence-electron chi connectivity index (χ0n) is 11.4. The van der Waals surface area contributed by atoms with Crippen molar-refractivity contribution >= 4 is 21.4 Å². The number of hydrogen-bond donors (Lipinski definition) is 1. The molecule has 1 rings (SSSR count). The number of rotatable bonds is 6. The summed E-state index contributed by atoms with van der Waals surface area (Å²) in [5.41, 5.74) is 5.43. The molecule has 2 N–H and O–H groups in total. The molecule has 0 aliphatic rings. The summed E-state index contributed by atoms with van der Waals surface area (Å²) in [6, 6.07) is 3.56. The van der Waals surface area contributed by atoms with Crippen molar-refractivity contribution < 1.29 is 8.42 Å².